The molecule has 164 valence electrons. The van der Waals surface area contributed by atoms with Crippen molar-refractivity contribution in [1.82, 2.24) is 9.80 Å². The van der Waals surface area contributed by atoms with Crippen LogP contribution in [0.5, 0.6) is 5.75 Å². The van der Waals surface area contributed by atoms with Crippen LogP contribution in [0.25, 0.3) is 5.76 Å². The molecule has 1 fully saturated rings. The molecule has 1 heterocycles. The van der Waals surface area contributed by atoms with E-state index in [1.807, 2.05) is 25.9 Å². The first-order valence-corrected chi connectivity index (χ1v) is 10.6. The van der Waals surface area contributed by atoms with Crippen LogP contribution < -0.4 is 4.74 Å². The normalized spacial score (nSPS) is 18.1. The van der Waals surface area contributed by atoms with E-state index in [0.29, 0.717) is 41.6 Å². The maximum absolute atomic E-state index is 13.0. The van der Waals surface area contributed by atoms with Crippen LogP contribution in [0.15, 0.2) is 54.1 Å². The molecule has 0 saturated carbocycles. The monoisotopic (exact) mass is 442 g/mol. The number of carbonyl (C=O) groups is 2. The van der Waals surface area contributed by atoms with Crippen molar-refractivity contribution in [3.63, 3.8) is 0 Å². The molecule has 2 aromatic carbocycles. The van der Waals surface area contributed by atoms with Gasteiger partial charge in [0.25, 0.3) is 11.7 Å². The number of aliphatic hydroxyl groups is 1. The third-order valence-corrected chi connectivity index (χ3v) is 5.37. The van der Waals surface area contributed by atoms with Gasteiger partial charge in [-0.25, -0.2) is 0 Å². The minimum absolute atomic E-state index is 0.0771. The molecule has 2 aromatic rings. The molecule has 0 aromatic heterocycles. The number of likely N-dealkylation sites (N-methyl/N-ethyl adjacent to an activating group) is 1. The molecule has 1 atom stereocenters. The Morgan fingerprint density at radius 2 is 1.74 bits per heavy atom. The van der Waals surface area contributed by atoms with E-state index in [-0.39, 0.29) is 11.3 Å². The van der Waals surface area contributed by atoms with Gasteiger partial charge in [0.1, 0.15) is 11.5 Å². The number of halogens is 1. The van der Waals surface area contributed by atoms with Gasteiger partial charge in [0.15, 0.2) is 0 Å². The maximum atomic E-state index is 13.0. The van der Waals surface area contributed by atoms with Crippen molar-refractivity contribution in [3.05, 3.63) is 70.3 Å². The van der Waals surface area contributed by atoms with Crippen LogP contribution in [0.3, 0.4) is 0 Å². The lowest BCUT2D eigenvalue weighted by Crippen LogP contribution is -2.35. The second-order valence-electron chi connectivity index (χ2n) is 7.72. The lowest BCUT2D eigenvalue weighted by atomic mass is 9.95. The fourth-order valence-corrected chi connectivity index (χ4v) is 3.62. The largest absolute Gasteiger partial charge is 0.507 e. The highest BCUT2D eigenvalue weighted by Gasteiger charge is 2.45. The van der Waals surface area contributed by atoms with Gasteiger partial charge in [-0.15, -0.1) is 0 Å². The van der Waals surface area contributed by atoms with E-state index in [4.69, 9.17) is 16.3 Å². The van der Waals surface area contributed by atoms with Crippen LogP contribution in [0.1, 0.15) is 30.5 Å². The Kier molecular flexibility index (Phi) is 7.36. The molecule has 1 N–H and O–H groups in total. The number of nitrogens with zero attached hydrogens (tertiary/aromatic N) is 2. The molecule has 0 aliphatic carbocycles. The first kappa shape index (κ1) is 22.8. The molecule has 1 aliphatic heterocycles. The number of rotatable bonds is 8. The van der Waals surface area contributed by atoms with E-state index in [1.165, 1.54) is 4.90 Å². The molecule has 1 saturated heterocycles. The minimum Gasteiger partial charge on any atom is -0.507 e. The zero-order valence-electron chi connectivity index (χ0n) is 18.0. The van der Waals surface area contributed by atoms with Gasteiger partial charge >= 0.3 is 0 Å². The summed E-state index contributed by atoms with van der Waals surface area (Å²) in [6.45, 7) is 3.55. The van der Waals surface area contributed by atoms with Crippen molar-refractivity contribution in [2.45, 2.75) is 19.4 Å². The van der Waals surface area contributed by atoms with E-state index in [2.05, 4.69) is 0 Å². The van der Waals surface area contributed by atoms with Gasteiger partial charge in [0.2, 0.25) is 0 Å². The predicted octanol–water partition coefficient (Wildman–Crippen LogP) is 4.11. The summed E-state index contributed by atoms with van der Waals surface area (Å²) in [5.74, 6) is -0.833. The Labute approximate surface area is 187 Å². The van der Waals surface area contributed by atoms with Crippen molar-refractivity contribution < 1.29 is 19.4 Å². The number of aliphatic hydroxyl groups excluding tert-OH is 1. The molecule has 0 unspecified atom stereocenters. The number of amides is 1. The topological polar surface area (TPSA) is 70.1 Å². The lowest BCUT2D eigenvalue weighted by Gasteiger charge is -2.26. The predicted molar refractivity (Wildman–Crippen MR) is 121 cm³/mol. The fraction of sp³-hybridized carbons (Fsp3) is 0.333. The van der Waals surface area contributed by atoms with Crippen LogP contribution in [0, 0.1) is 0 Å². The van der Waals surface area contributed by atoms with Crippen molar-refractivity contribution in [2.24, 2.45) is 0 Å². The van der Waals surface area contributed by atoms with Crippen LogP contribution in [0.2, 0.25) is 5.02 Å². The Hall–Kier alpha value is -2.83. The van der Waals surface area contributed by atoms with Crippen molar-refractivity contribution >= 4 is 29.1 Å². The molecule has 31 heavy (non-hydrogen) atoms. The quantitative estimate of drug-likeness (QED) is 0.378. The van der Waals surface area contributed by atoms with Crippen LogP contribution in [-0.4, -0.2) is 60.4 Å². The van der Waals surface area contributed by atoms with Crippen LogP contribution in [0.4, 0.5) is 0 Å². The van der Waals surface area contributed by atoms with Gasteiger partial charge in [0, 0.05) is 23.7 Å². The molecule has 1 amide bonds. The highest BCUT2D eigenvalue weighted by Crippen LogP contribution is 2.39. The van der Waals surface area contributed by atoms with Crippen LogP contribution in [-0.2, 0) is 9.59 Å². The van der Waals surface area contributed by atoms with E-state index in [0.717, 1.165) is 6.42 Å². The summed E-state index contributed by atoms with van der Waals surface area (Å²) in [5, 5.41) is 11.6. The van der Waals surface area contributed by atoms with Gasteiger partial charge in [-0.1, -0.05) is 30.7 Å². The van der Waals surface area contributed by atoms with E-state index < -0.39 is 17.7 Å². The molecule has 3 rings (SSSR count). The maximum Gasteiger partial charge on any atom is 0.295 e. The van der Waals surface area contributed by atoms with Gasteiger partial charge in [0.05, 0.1) is 18.2 Å². The zero-order valence-corrected chi connectivity index (χ0v) is 18.7. The average molecular weight is 443 g/mol. The van der Waals surface area contributed by atoms with Gasteiger partial charge in [-0.05, 0) is 62.5 Å². The summed E-state index contributed by atoms with van der Waals surface area (Å²) in [6, 6.07) is 13.1. The van der Waals surface area contributed by atoms with Gasteiger partial charge < -0.3 is 19.6 Å². The lowest BCUT2D eigenvalue weighted by molar-refractivity contribution is -0.140. The van der Waals surface area contributed by atoms with E-state index >= 15 is 0 Å². The third-order valence-electron chi connectivity index (χ3n) is 5.11. The number of ether oxygens (including phenoxy) is 1. The second kappa shape index (κ2) is 9.98. The molecular weight excluding hydrogens is 416 g/mol. The Morgan fingerprint density at radius 3 is 2.32 bits per heavy atom. The summed E-state index contributed by atoms with van der Waals surface area (Å²) in [7, 11) is 3.80. The third kappa shape index (κ3) is 5.09. The highest BCUT2D eigenvalue weighted by molar-refractivity contribution is 6.46. The van der Waals surface area contributed by atoms with Gasteiger partial charge in [-0.3, -0.25) is 9.59 Å². The van der Waals surface area contributed by atoms with Crippen molar-refractivity contribution in [2.75, 3.05) is 33.8 Å². The molecule has 6 nitrogen and oxygen atoms in total. The number of benzene rings is 2. The fourth-order valence-electron chi connectivity index (χ4n) is 3.49. The smallest absolute Gasteiger partial charge is 0.295 e. The standard InChI is InChI=1S/C24H27ClN2O4/c1-4-15-31-19-11-7-17(8-12-19)22(28)20-21(16-5-9-18(25)10-6-16)27(14-13-26(2)3)24(30)23(20)29/h5-12,21,28H,4,13-15H2,1-3H3/t21-/m0/s1. The van der Waals surface area contributed by atoms with E-state index in [1.54, 1.807) is 48.5 Å². The number of Topliss-reactive ketones (excluding diaryl/α,β-unsaturated/α-hetero) is 1. The summed E-state index contributed by atoms with van der Waals surface area (Å²) in [5.41, 5.74) is 1.24. The number of likely N-dealkylation sites (tertiary alicyclic amines) is 1. The SMILES string of the molecule is CCCOc1ccc(C(O)=C2C(=O)C(=O)N(CCN(C)C)[C@H]2c2ccc(Cl)cc2)cc1. The van der Waals surface area contributed by atoms with Crippen LogP contribution >= 0.6 is 11.6 Å². The molecule has 0 bridgehead atoms. The van der Waals surface area contributed by atoms with Gasteiger partial charge in [-0.2, -0.15) is 0 Å². The van der Waals surface area contributed by atoms with Crippen molar-refractivity contribution in [1.29, 1.82) is 0 Å². The number of hydrogen-bond donors (Lipinski definition) is 1. The average Bonchev–Trinajstić information content (AvgIpc) is 3.01. The zero-order chi connectivity index (χ0) is 22.5. The first-order valence-electron chi connectivity index (χ1n) is 10.2. The first-order chi connectivity index (χ1) is 14.8. The second-order valence-corrected chi connectivity index (χ2v) is 8.16. The number of carbonyl (C=O) groups excluding carboxylic acids is 2. The highest BCUT2D eigenvalue weighted by atomic mass is 35.5. The summed E-state index contributed by atoms with van der Waals surface area (Å²) in [4.78, 5) is 29.3. The Morgan fingerprint density at radius 1 is 1.10 bits per heavy atom. The van der Waals surface area contributed by atoms with E-state index in [9.17, 15) is 14.7 Å². The number of hydrogen-bond acceptors (Lipinski definition) is 5. The molecule has 7 heteroatoms. The summed E-state index contributed by atoms with van der Waals surface area (Å²) >= 11 is 6.03. The Bertz CT molecular complexity index is 968. The van der Waals surface area contributed by atoms with Crippen molar-refractivity contribution in [3.8, 4) is 5.75 Å². The number of ketones is 1. The Balaban J connectivity index is 2.04. The molecule has 0 spiro atoms. The summed E-state index contributed by atoms with van der Waals surface area (Å²) in [6.07, 6.45) is 0.888. The molecular formula is C24H27ClN2O4. The molecule has 1 aliphatic rings. The minimum atomic E-state index is -0.692. The summed E-state index contributed by atoms with van der Waals surface area (Å²) < 4.78 is 5.58. The molecule has 0 radical (unpaired) electrons.